The molecule has 1 aromatic carbocycles. The molecule has 0 saturated heterocycles. The van der Waals surface area contributed by atoms with Gasteiger partial charge in [0.1, 0.15) is 6.61 Å². The van der Waals surface area contributed by atoms with E-state index in [1.807, 2.05) is 12.1 Å². The zero-order valence-corrected chi connectivity index (χ0v) is 11.0. The fourth-order valence-corrected chi connectivity index (χ4v) is 2.34. The number of benzene rings is 1. The van der Waals surface area contributed by atoms with Crippen LogP contribution in [0.25, 0.3) is 0 Å². The minimum Gasteiger partial charge on any atom is -0.457 e. The predicted molar refractivity (Wildman–Crippen MR) is 68.6 cm³/mol. The second-order valence-corrected chi connectivity index (χ2v) is 5.16. The molecule has 4 heteroatoms. The molecular formula is C14H15ClO3. The standard InChI is InChI=1S/C14H15ClO3/c1-10(16)9-18-13(17)14(7-2-8-14)11-3-5-12(15)6-4-11/h3-6H,2,7-9H2,1H3. The van der Waals surface area contributed by atoms with E-state index in [1.165, 1.54) is 6.92 Å². The molecule has 2 rings (SSSR count). The van der Waals surface area contributed by atoms with Crippen molar-refractivity contribution < 1.29 is 14.3 Å². The summed E-state index contributed by atoms with van der Waals surface area (Å²) in [7, 11) is 0. The summed E-state index contributed by atoms with van der Waals surface area (Å²) in [4.78, 5) is 23.0. The number of Topliss-reactive ketones (excluding diaryl/α,β-unsaturated/α-hetero) is 1. The number of rotatable bonds is 4. The van der Waals surface area contributed by atoms with Gasteiger partial charge in [0.2, 0.25) is 0 Å². The van der Waals surface area contributed by atoms with Crippen molar-refractivity contribution in [3.05, 3.63) is 34.9 Å². The van der Waals surface area contributed by atoms with E-state index < -0.39 is 5.41 Å². The molecule has 1 aliphatic rings. The number of hydrogen-bond acceptors (Lipinski definition) is 3. The van der Waals surface area contributed by atoms with E-state index in [-0.39, 0.29) is 18.4 Å². The highest BCUT2D eigenvalue weighted by molar-refractivity contribution is 6.30. The Kier molecular flexibility index (Phi) is 3.71. The maximum atomic E-state index is 12.1. The summed E-state index contributed by atoms with van der Waals surface area (Å²) in [5.74, 6) is -0.444. The summed E-state index contributed by atoms with van der Waals surface area (Å²) in [5, 5.41) is 0.644. The van der Waals surface area contributed by atoms with Gasteiger partial charge < -0.3 is 4.74 Å². The SMILES string of the molecule is CC(=O)COC(=O)C1(c2ccc(Cl)cc2)CCC1. The van der Waals surface area contributed by atoms with Crippen LogP contribution in [-0.4, -0.2) is 18.4 Å². The van der Waals surface area contributed by atoms with Crippen LogP contribution >= 0.6 is 11.6 Å². The molecule has 1 saturated carbocycles. The van der Waals surface area contributed by atoms with E-state index >= 15 is 0 Å². The van der Waals surface area contributed by atoms with Crippen LogP contribution in [0.3, 0.4) is 0 Å². The summed E-state index contributed by atoms with van der Waals surface area (Å²) in [6.07, 6.45) is 2.54. The quantitative estimate of drug-likeness (QED) is 0.787. The van der Waals surface area contributed by atoms with Gasteiger partial charge in [-0.1, -0.05) is 30.2 Å². The van der Waals surface area contributed by atoms with Crippen molar-refractivity contribution in [1.82, 2.24) is 0 Å². The lowest BCUT2D eigenvalue weighted by atomic mass is 9.64. The Morgan fingerprint density at radius 3 is 2.33 bits per heavy atom. The van der Waals surface area contributed by atoms with Crippen molar-refractivity contribution in [2.24, 2.45) is 0 Å². The second-order valence-electron chi connectivity index (χ2n) is 4.72. The van der Waals surface area contributed by atoms with Gasteiger partial charge in [-0.15, -0.1) is 0 Å². The van der Waals surface area contributed by atoms with Gasteiger partial charge in [0.05, 0.1) is 5.41 Å². The van der Waals surface area contributed by atoms with Gasteiger partial charge in [0, 0.05) is 5.02 Å². The van der Waals surface area contributed by atoms with E-state index in [0.717, 1.165) is 24.8 Å². The van der Waals surface area contributed by atoms with Crippen molar-refractivity contribution >= 4 is 23.4 Å². The minimum absolute atomic E-state index is 0.145. The number of esters is 1. The van der Waals surface area contributed by atoms with Gasteiger partial charge >= 0.3 is 5.97 Å². The fourth-order valence-electron chi connectivity index (χ4n) is 2.22. The molecule has 1 fully saturated rings. The minimum atomic E-state index is -0.569. The molecule has 0 N–H and O–H groups in total. The summed E-state index contributed by atoms with van der Waals surface area (Å²) >= 11 is 5.84. The van der Waals surface area contributed by atoms with Crippen molar-refractivity contribution in [3.8, 4) is 0 Å². The summed E-state index contributed by atoms with van der Waals surface area (Å²) in [6.45, 7) is 1.26. The first-order chi connectivity index (χ1) is 8.54. The molecule has 96 valence electrons. The van der Waals surface area contributed by atoms with Gasteiger partial charge in [0.25, 0.3) is 0 Å². The molecular weight excluding hydrogens is 252 g/mol. The van der Waals surface area contributed by atoms with Crippen LogP contribution in [0.5, 0.6) is 0 Å². The van der Waals surface area contributed by atoms with Crippen LogP contribution in [0.1, 0.15) is 31.7 Å². The number of carbonyl (C=O) groups excluding carboxylic acids is 2. The molecule has 0 radical (unpaired) electrons. The molecule has 18 heavy (non-hydrogen) atoms. The van der Waals surface area contributed by atoms with Crippen LogP contribution in [0.4, 0.5) is 0 Å². The van der Waals surface area contributed by atoms with Crippen LogP contribution in [-0.2, 0) is 19.7 Å². The van der Waals surface area contributed by atoms with E-state index in [1.54, 1.807) is 12.1 Å². The van der Waals surface area contributed by atoms with Crippen LogP contribution < -0.4 is 0 Å². The summed E-state index contributed by atoms with van der Waals surface area (Å²) < 4.78 is 5.07. The normalized spacial score (nSPS) is 16.8. The molecule has 0 atom stereocenters. The topological polar surface area (TPSA) is 43.4 Å². The Hall–Kier alpha value is -1.35. The first kappa shape index (κ1) is 13.1. The van der Waals surface area contributed by atoms with Crippen LogP contribution in [0, 0.1) is 0 Å². The first-order valence-corrected chi connectivity index (χ1v) is 6.35. The van der Waals surface area contributed by atoms with Crippen LogP contribution in [0.15, 0.2) is 24.3 Å². The lowest BCUT2D eigenvalue weighted by molar-refractivity contribution is -0.157. The fraction of sp³-hybridized carbons (Fsp3) is 0.429. The number of carbonyl (C=O) groups is 2. The number of halogens is 1. The van der Waals surface area contributed by atoms with Gasteiger partial charge in [-0.2, -0.15) is 0 Å². The number of ether oxygens (including phenoxy) is 1. The van der Waals surface area contributed by atoms with Gasteiger partial charge in [-0.25, -0.2) is 0 Å². The van der Waals surface area contributed by atoms with E-state index in [2.05, 4.69) is 0 Å². The van der Waals surface area contributed by atoms with Crippen LogP contribution in [0.2, 0.25) is 5.02 Å². The molecule has 0 amide bonds. The number of hydrogen-bond donors (Lipinski definition) is 0. The highest BCUT2D eigenvalue weighted by Crippen LogP contribution is 2.44. The molecule has 0 spiro atoms. The zero-order valence-electron chi connectivity index (χ0n) is 10.2. The smallest absolute Gasteiger partial charge is 0.316 e. The zero-order chi connectivity index (χ0) is 13.2. The highest BCUT2D eigenvalue weighted by atomic mass is 35.5. The first-order valence-electron chi connectivity index (χ1n) is 5.97. The predicted octanol–water partition coefficient (Wildman–Crippen LogP) is 2.89. The monoisotopic (exact) mass is 266 g/mol. The third-order valence-electron chi connectivity index (χ3n) is 3.40. The maximum Gasteiger partial charge on any atom is 0.316 e. The lowest BCUT2D eigenvalue weighted by Gasteiger charge is -2.39. The third-order valence-corrected chi connectivity index (χ3v) is 3.65. The molecule has 0 heterocycles. The Labute approximate surface area is 111 Å². The van der Waals surface area contributed by atoms with Gasteiger partial charge in [-0.05, 0) is 37.5 Å². The highest BCUT2D eigenvalue weighted by Gasteiger charge is 2.47. The Morgan fingerprint density at radius 2 is 1.89 bits per heavy atom. The van der Waals surface area contributed by atoms with E-state index in [4.69, 9.17) is 16.3 Å². The molecule has 0 aromatic heterocycles. The Morgan fingerprint density at radius 1 is 1.28 bits per heavy atom. The Bertz CT molecular complexity index is 460. The van der Waals surface area contributed by atoms with Crippen molar-refractivity contribution in [3.63, 3.8) is 0 Å². The molecule has 3 nitrogen and oxygen atoms in total. The second kappa shape index (κ2) is 5.11. The summed E-state index contributed by atoms with van der Waals surface area (Å²) in [5.41, 5.74) is 0.353. The lowest BCUT2D eigenvalue weighted by Crippen LogP contribution is -2.44. The molecule has 0 unspecified atom stereocenters. The number of ketones is 1. The Balaban J connectivity index is 2.17. The third kappa shape index (κ3) is 2.41. The average molecular weight is 267 g/mol. The van der Waals surface area contributed by atoms with Crippen molar-refractivity contribution in [2.45, 2.75) is 31.6 Å². The molecule has 1 aromatic rings. The van der Waals surface area contributed by atoms with E-state index in [9.17, 15) is 9.59 Å². The summed E-state index contributed by atoms with van der Waals surface area (Å²) in [6, 6.07) is 7.26. The van der Waals surface area contributed by atoms with Crippen molar-refractivity contribution in [1.29, 1.82) is 0 Å². The largest absolute Gasteiger partial charge is 0.457 e. The molecule has 0 bridgehead atoms. The molecule has 1 aliphatic carbocycles. The van der Waals surface area contributed by atoms with Crippen molar-refractivity contribution in [2.75, 3.05) is 6.61 Å². The van der Waals surface area contributed by atoms with Gasteiger partial charge in [-0.3, -0.25) is 9.59 Å². The molecule has 0 aliphatic heterocycles. The maximum absolute atomic E-state index is 12.1. The van der Waals surface area contributed by atoms with Gasteiger partial charge in [0.15, 0.2) is 5.78 Å². The van der Waals surface area contributed by atoms with E-state index in [0.29, 0.717) is 5.02 Å². The average Bonchev–Trinajstić information content (AvgIpc) is 2.27.